The van der Waals surface area contributed by atoms with Gasteiger partial charge < -0.3 is 14.8 Å². The maximum atomic E-state index is 12.7. The quantitative estimate of drug-likeness (QED) is 0.820. The second-order valence-corrected chi connectivity index (χ2v) is 8.14. The molecule has 1 aliphatic heterocycles. The van der Waals surface area contributed by atoms with Crippen LogP contribution < -0.4 is 19.1 Å². The van der Waals surface area contributed by atoms with E-state index < -0.39 is 22.0 Å². The van der Waals surface area contributed by atoms with Crippen LogP contribution in [0.25, 0.3) is 0 Å². The van der Waals surface area contributed by atoms with Crippen molar-refractivity contribution in [3.05, 3.63) is 48.5 Å². The Balaban J connectivity index is 1.83. The van der Waals surface area contributed by atoms with E-state index in [1.807, 2.05) is 6.92 Å². The molecule has 1 aliphatic rings. The molecule has 0 radical (unpaired) electrons. The summed E-state index contributed by atoms with van der Waals surface area (Å²) in [5.41, 5.74) is 1.00. The van der Waals surface area contributed by atoms with E-state index in [-0.39, 0.29) is 12.3 Å². The molecule has 1 amide bonds. The summed E-state index contributed by atoms with van der Waals surface area (Å²) in [5, 5.41) is 2.77. The number of rotatable bonds is 6. The van der Waals surface area contributed by atoms with Gasteiger partial charge in [-0.15, -0.1) is 0 Å². The van der Waals surface area contributed by atoms with Crippen LogP contribution in [0, 0.1) is 0 Å². The number of amides is 1. The van der Waals surface area contributed by atoms with Gasteiger partial charge in [0.15, 0.2) is 6.10 Å². The predicted molar refractivity (Wildman–Crippen MR) is 104 cm³/mol. The van der Waals surface area contributed by atoms with Crippen molar-refractivity contribution in [3.63, 3.8) is 0 Å². The van der Waals surface area contributed by atoms with Gasteiger partial charge in [0.2, 0.25) is 10.0 Å². The molecule has 1 atom stereocenters. The molecule has 1 heterocycles. The van der Waals surface area contributed by atoms with Crippen molar-refractivity contribution >= 4 is 27.3 Å². The minimum absolute atomic E-state index is 0.0634. The van der Waals surface area contributed by atoms with Crippen molar-refractivity contribution in [2.24, 2.45) is 0 Å². The van der Waals surface area contributed by atoms with E-state index in [0.29, 0.717) is 29.5 Å². The molecule has 0 saturated heterocycles. The van der Waals surface area contributed by atoms with Crippen molar-refractivity contribution in [3.8, 4) is 11.5 Å². The van der Waals surface area contributed by atoms with Gasteiger partial charge in [0.05, 0.1) is 24.6 Å². The molecule has 8 heteroatoms. The van der Waals surface area contributed by atoms with E-state index in [2.05, 4.69) is 5.32 Å². The number of carbonyl (C=O) groups excluding carboxylic acids is 1. The zero-order valence-corrected chi connectivity index (χ0v) is 16.0. The van der Waals surface area contributed by atoms with Gasteiger partial charge in [-0.05, 0) is 38.1 Å². The van der Waals surface area contributed by atoms with Gasteiger partial charge in [0.1, 0.15) is 11.5 Å². The molecule has 0 aromatic heterocycles. The van der Waals surface area contributed by atoms with E-state index in [1.54, 1.807) is 55.5 Å². The van der Waals surface area contributed by atoms with Crippen LogP contribution in [0.4, 0.5) is 11.4 Å². The molecular formula is C19H22N2O5S. The van der Waals surface area contributed by atoms with Crippen LogP contribution >= 0.6 is 0 Å². The van der Waals surface area contributed by atoms with E-state index in [4.69, 9.17) is 9.47 Å². The van der Waals surface area contributed by atoms with Gasteiger partial charge in [0.25, 0.3) is 5.91 Å². The molecule has 0 unspecified atom stereocenters. The SMILES string of the molecule is CCOc1cccc(NC(=O)[C@H]2CN(S(=O)(=O)CC)c3ccccc3O2)c1. The number of carbonyl (C=O) groups is 1. The summed E-state index contributed by atoms with van der Waals surface area (Å²) >= 11 is 0. The average Bonchev–Trinajstić information content (AvgIpc) is 2.67. The number of nitrogens with one attached hydrogen (secondary N) is 1. The Kier molecular flexibility index (Phi) is 5.55. The lowest BCUT2D eigenvalue weighted by atomic mass is 10.2. The summed E-state index contributed by atoms with van der Waals surface area (Å²) in [6, 6.07) is 13.8. The fraction of sp³-hybridized carbons (Fsp3) is 0.316. The number of nitrogens with zero attached hydrogens (tertiary/aromatic N) is 1. The second-order valence-electron chi connectivity index (χ2n) is 5.96. The fourth-order valence-corrected chi connectivity index (χ4v) is 3.94. The number of ether oxygens (including phenoxy) is 2. The standard InChI is InChI=1S/C19H22N2O5S/c1-3-25-15-9-7-8-14(12-15)20-19(22)18-13-21(27(23,24)4-2)16-10-5-6-11-17(16)26-18/h5-12,18H,3-4,13H2,1-2H3,(H,20,22)/t18-/m1/s1. The molecule has 144 valence electrons. The van der Waals surface area contributed by atoms with Gasteiger partial charge in [-0.3, -0.25) is 9.10 Å². The van der Waals surface area contributed by atoms with Crippen LogP contribution in [0.15, 0.2) is 48.5 Å². The summed E-state index contributed by atoms with van der Waals surface area (Å²) in [4.78, 5) is 12.7. The van der Waals surface area contributed by atoms with Crippen LogP contribution in [-0.2, 0) is 14.8 Å². The first-order valence-electron chi connectivity index (χ1n) is 8.74. The number of anilines is 2. The third-order valence-electron chi connectivity index (χ3n) is 4.14. The smallest absolute Gasteiger partial charge is 0.267 e. The number of hydrogen-bond donors (Lipinski definition) is 1. The Bertz CT molecular complexity index is 929. The summed E-state index contributed by atoms with van der Waals surface area (Å²) < 4.78 is 37.4. The molecule has 7 nitrogen and oxygen atoms in total. The molecule has 1 N–H and O–H groups in total. The Morgan fingerprint density at radius 3 is 2.74 bits per heavy atom. The molecule has 0 fully saturated rings. The number of benzene rings is 2. The van der Waals surface area contributed by atoms with Crippen LogP contribution in [-0.4, -0.2) is 39.3 Å². The van der Waals surface area contributed by atoms with Gasteiger partial charge in [-0.1, -0.05) is 18.2 Å². The minimum Gasteiger partial charge on any atom is -0.494 e. The highest BCUT2D eigenvalue weighted by atomic mass is 32.2. The predicted octanol–water partition coefficient (Wildman–Crippen LogP) is 2.64. The molecule has 3 rings (SSSR count). The summed E-state index contributed by atoms with van der Waals surface area (Å²) in [5.74, 6) is 0.519. The Morgan fingerprint density at radius 1 is 1.22 bits per heavy atom. The van der Waals surface area contributed by atoms with Gasteiger partial charge >= 0.3 is 0 Å². The molecule has 2 aromatic carbocycles. The molecule has 0 spiro atoms. The highest BCUT2D eigenvalue weighted by Crippen LogP contribution is 2.35. The van der Waals surface area contributed by atoms with Gasteiger partial charge in [0, 0.05) is 11.8 Å². The first-order valence-corrected chi connectivity index (χ1v) is 10.4. The first kappa shape index (κ1) is 19.0. The van der Waals surface area contributed by atoms with E-state index >= 15 is 0 Å². The fourth-order valence-electron chi connectivity index (χ4n) is 2.81. The molecule has 0 bridgehead atoms. The average molecular weight is 390 g/mol. The lowest BCUT2D eigenvalue weighted by molar-refractivity contribution is -0.122. The zero-order chi connectivity index (χ0) is 19.4. The maximum absolute atomic E-state index is 12.7. The van der Waals surface area contributed by atoms with Crippen molar-refractivity contribution in [1.82, 2.24) is 0 Å². The largest absolute Gasteiger partial charge is 0.494 e. The highest BCUT2D eigenvalue weighted by molar-refractivity contribution is 7.92. The number of fused-ring (bicyclic) bond motifs is 1. The van der Waals surface area contributed by atoms with Crippen LogP contribution in [0.1, 0.15) is 13.8 Å². The van der Waals surface area contributed by atoms with E-state index in [0.717, 1.165) is 0 Å². The van der Waals surface area contributed by atoms with Crippen molar-refractivity contribution in [1.29, 1.82) is 0 Å². The van der Waals surface area contributed by atoms with E-state index in [1.165, 1.54) is 4.31 Å². The third-order valence-corrected chi connectivity index (χ3v) is 5.89. The Hall–Kier alpha value is -2.74. The second kappa shape index (κ2) is 7.87. The molecule has 27 heavy (non-hydrogen) atoms. The number of hydrogen-bond acceptors (Lipinski definition) is 5. The zero-order valence-electron chi connectivity index (χ0n) is 15.2. The normalized spacial score (nSPS) is 16.2. The maximum Gasteiger partial charge on any atom is 0.267 e. The van der Waals surface area contributed by atoms with Crippen molar-refractivity contribution in [2.75, 3.05) is 28.5 Å². The van der Waals surface area contributed by atoms with Crippen molar-refractivity contribution in [2.45, 2.75) is 20.0 Å². The van der Waals surface area contributed by atoms with Crippen LogP contribution in [0.2, 0.25) is 0 Å². The molecule has 0 saturated carbocycles. The number of sulfonamides is 1. The number of para-hydroxylation sites is 2. The minimum atomic E-state index is -3.53. The summed E-state index contributed by atoms with van der Waals surface area (Å²) in [6.07, 6.45) is -0.961. The highest BCUT2D eigenvalue weighted by Gasteiger charge is 2.35. The Morgan fingerprint density at radius 2 is 2.00 bits per heavy atom. The van der Waals surface area contributed by atoms with Crippen LogP contribution in [0.5, 0.6) is 11.5 Å². The van der Waals surface area contributed by atoms with Gasteiger partial charge in [-0.25, -0.2) is 8.42 Å². The lowest BCUT2D eigenvalue weighted by Gasteiger charge is -2.34. The van der Waals surface area contributed by atoms with Crippen LogP contribution in [0.3, 0.4) is 0 Å². The molecular weight excluding hydrogens is 368 g/mol. The monoisotopic (exact) mass is 390 g/mol. The lowest BCUT2D eigenvalue weighted by Crippen LogP contribution is -2.49. The van der Waals surface area contributed by atoms with Gasteiger partial charge in [-0.2, -0.15) is 0 Å². The molecule has 2 aromatic rings. The van der Waals surface area contributed by atoms with Crippen molar-refractivity contribution < 1.29 is 22.7 Å². The summed E-state index contributed by atoms with van der Waals surface area (Å²) in [7, 11) is -3.53. The topological polar surface area (TPSA) is 84.9 Å². The Labute approximate surface area is 158 Å². The molecule has 0 aliphatic carbocycles. The van der Waals surface area contributed by atoms with E-state index in [9.17, 15) is 13.2 Å². The first-order chi connectivity index (χ1) is 12.9. The summed E-state index contributed by atoms with van der Waals surface area (Å²) in [6.45, 7) is 3.89. The third kappa shape index (κ3) is 4.16.